The van der Waals surface area contributed by atoms with Crippen LogP contribution in [0.2, 0.25) is 0 Å². The van der Waals surface area contributed by atoms with Crippen molar-refractivity contribution in [3.05, 3.63) is 29.8 Å². The number of ether oxygens (including phenoxy) is 2. The Morgan fingerprint density at radius 3 is 2.30 bits per heavy atom. The molecule has 27 heavy (non-hydrogen) atoms. The average molecular weight is 402 g/mol. The topological polar surface area (TPSA) is 74.2 Å². The first-order valence-electron chi connectivity index (χ1n) is 9.85. The SMILES string of the molecule is CCCCCCCCCc1ccccc1OC(C)OC(C)OP(=O)(O)OC. The van der Waals surface area contributed by atoms with Crippen LogP contribution >= 0.6 is 7.82 Å². The molecule has 0 saturated heterocycles. The molecular weight excluding hydrogens is 367 g/mol. The van der Waals surface area contributed by atoms with Crippen molar-refractivity contribution < 1.29 is 28.0 Å². The van der Waals surface area contributed by atoms with Gasteiger partial charge < -0.3 is 14.4 Å². The fourth-order valence-corrected chi connectivity index (χ4v) is 3.34. The molecule has 0 saturated carbocycles. The van der Waals surface area contributed by atoms with Crippen LogP contribution in [0.5, 0.6) is 5.75 Å². The Morgan fingerprint density at radius 1 is 1.00 bits per heavy atom. The second-order valence-corrected chi connectivity index (χ2v) is 8.14. The Hall–Kier alpha value is -0.910. The summed E-state index contributed by atoms with van der Waals surface area (Å²) in [5.41, 5.74) is 1.14. The molecular formula is C20H35O6P. The third-order valence-electron chi connectivity index (χ3n) is 4.21. The van der Waals surface area contributed by atoms with Crippen LogP contribution in [0.1, 0.15) is 71.3 Å². The molecule has 0 amide bonds. The Labute approximate surface area is 163 Å². The number of benzene rings is 1. The molecule has 0 aliphatic heterocycles. The molecule has 0 spiro atoms. The van der Waals surface area contributed by atoms with Crippen LogP contribution in [0, 0.1) is 0 Å². The summed E-state index contributed by atoms with van der Waals surface area (Å²) in [5, 5.41) is 0. The molecule has 1 aromatic carbocycles. The highest BCUT2D eigenvalue weighted by molar-refractivity contribution is 7.47. The molecule has 7 heteroatoms. The molecule has 0 heterocycles. The lowest BCUT2D eigenvalue weighted by Crippen LogP contribution is -2.24. The molecule has 3 unspecified atom stereocenters. The normalized spacial score (nSPS) is 15.9. The number of aryl methyl sites for hydroxylation is 1. The number of phosphoric acid groups is 1. The van der Waals surface area contributed by atoms with E-state index in [4.69, 9.17) is 14.0 Å². The predicted octanol–water partition coefficient (Wildman–Crippen LogP) is 5.83. The van der Waals surface area contributed by atoms with E-state index in [0.717, 1.165) is 31.3 Å². The summed E-state index contributed by atoms with van der Waals surface area (Å²) < 4.78 is 32.0. The lowest BCUT2D eigenvalue weighted by Gasteiger charge is -2.22. The third-order valence-corrected chi connectivity index (χ3v) is 5.24. The van der Waals surface area contributed by atoms with Gasteiger partial charge in [-0.2, -0.15) is 0 Å². The van der Waals surface area contributed by atoms with E-state index in [2.05, 4.69) is 17.5 Å². The van der Waals surface area contributed by atoms with Crippen LogP contribution in [-0.4, -0.2) is 24.6 Å². The van der Waals surface area contributed by atoms with Gasteiger partial charge in [-0.3, -0.25) is 9.05 Å². The first-order valence-corrected chi connectivity index (χ1v) is 11.3. The van der Waals surface area contributed by atoms with Gasteiger partial charge in [0, 0.05) is 7.11 Å². The minimum Gasteiger partial charge on any atom is -0.465 e. The van der Waals surface area contributed by atoms with Crippen molar-refractivity contribution in [2.45, 2.75) is 84.7 Å². The predicted molar refractivity (Wildman–Crippen MR) is 107 cm³/mol. The summed E-state index contributed by atoms with van der Waals surface area (Å²) in [4.78, 5) is 9.32. The van der Waals surface area contributed by atoms with Gasteiger partial charge in [0.2, 0.25) is 0 Å². The molecule has 1 N–H and O–H groups in total. The zero-order valence-corrected chi connectivity index (χ0v) is 18.0. The fraction of sp³-hybridized carbons (Fsp3) is 0.700. The summed E-state index contributed by atoms with van der Waals surface area (Å²) in [7, 11) is -2.98. The molecule has 6 nitrogen and oxygen atoms in total. The van der Waals surface area contributed by atoms with E-state index >= 15 is 0 Å². The van der Waals surface area contributed by atoms with Crippen LogP contribution in [0.25, 0.3) is 0 Å². The molecule has 0 radical (unpaired) electrons. The number of rotatable bonds is 15. The summed E-state index contributed by atoms with van der Waals surface area (Å²) in [6, 6.07) is 7.89. The summed E-state index contributed by atoms with van der Waals surface area (Å²) in [6.45, 7) is 5.47. The van der Waals surface area contributed by atoms with Crippen molar-refractivity contribution in [2.24, 2.45) is 0 Å². The van der Waals surface area contributed by atoms with Crippen LogP contribution in [0.3, 0.4) is 0 Å². The first kappa shape index (κ1) is 24.1. The van der Waals surface area contributed by atoms with Crippen molar-refractivity contribution in [2.75, 3.05) is 7.11 Å². The quantitative estimate of drug-likeness (QED) is 0.226. The zero-order chi connectivity index (χ0) is 20.1. The second-order valence-electron chi connectivity index (χ2n) is 6.62. The van der Waals surface area contributed by atoms with Crippen LogP contribution in [0.4, 0.5) is 0 Å². The van der Waals surface area contributed by atoms with E-state index in [-0.39, 0.29) is 0 Å². The van der Waals surface area contributed by atoms with Crippen LogP contribution < -0.4 is 4.74 Å². The Kier molecular flexibility index (Phi) is 11.9. The minimum atomic E-state index is -4.09. The molecule has 0 aromatic heterocycles. The highest BCUT2D eigenvalue weighted by Gasteiger charge is 2.24. The highest BCUT2D eigenvalue weighted by atomic mass is 31.2. The number of hydrogen-bond acceptors (Lipinski definition) is 5. The Bertz CT molecular complexity index is 565. The largest absolute Gasteiger partial charge is 0.474 e. The average Bonchev–Trinajstić information content (AvgIpc) is 2.61. The minimum absolute atomic E-state index is 0.632. The number of unbranched alkanes of at least 4 members (excludes halogenated alkanes) is 6. The molecule has 0 aliphatic rings. The fourth-order valence-electron chi connectivity index (χ4n) is 2.83. The molecule has 0 aliphatic carbocycles. The van der Waals surface area contributed by atoms with Gasteiger partial charge in [-0.15, -0.1) is 0 Å². The van der Waals surface area contributed by atoms with Gasteiger partial charge in [-0.25, -0.2) is 4.57 Å². The lowest BCUT2D eigenvalue weighted by molar-refractivity contribution is -0.174. The van der Waals surface area contributed by atoms with Crippen molar-refractivity contribution in [3.63, 3.8) is 0 Å². The standard InChI is InChI=1S/C20H35O6P/c1-5-6-7-8-9-10-11-14-19-15-12-13-16-20(19)25-17(2)24-18(3)26-27(21,22)23-4/h12-13,15-18H,5-11,14H2,1-4H3,(H,21,22). The molecule has 156 valence electrons. The monoisotopic (exact) mass is 402 g/mol. The van der Waals surface area contributed by atoms with E-state index in [0.29, 0.717) is 0 Å². The maximum absolute atomic E-state index is 11.4. The van der Waals surface area contributed by atoms with Gasteiger partial charge in [0.05, 0.1) is 0 Å². The molecule has 1 rings (SSSR count). The molecule has 0 fully saturated rings. The van der Waals surface area contributed by atoms with Crippen molar-refractivity contribution in [1.82, 2.24) is 0 Å². The summed E-state index contributed by atoms with van der Waals surface area (Å²) in [6.07, 6.45) is 8.25. The molecule has 3 atom stereocenters. The zero-order valence-electron chi connectivity index (χ0n) is 17.1. The van der Waals surface area contributed by atoms with Gasteiger partial charge in [0.25, 0.3) is 0 Å². The number of para-hydroxylation sites is 1. The van der Waals surface area contributed by atoms with E-state index < -0.39 is 20.4 Å². The molecule has 0 bridgehead atoms. The Balaban J connectivity index is 2.43. The highest BCUT2D eigenvalue weighted by Crippen LogP contribution is 2.43. The summed E-state index contributed by atoms with van der Waals surface area (Å²) in [5.74, 6) is 0.766. The van der Waals surface area contributed by atoms with Gasteiger partial charge in [0.1, 0.15) is 5.75 Å². The number of hydrogen-bond donors (Lipinski definition) is 1. The van der Waals surface area contributed by atoms with Crippen molar-refractivity contribution >= 4 is 7.82 Å². The van der Waals surface area contributed by atoms with Crippen molar-refractivity contribution in [3.8, 4) is 5.75 Å². The summed E-state index contributed by atoms with van der Waals surface area (Å²) >= 11 is 0. The van der Waals surface area contributed by atoms with Crippen LogP contribution in [-0.2, 0) is 24.8 Å². The van der Waals surface area contributed by atoms with E-state index in [1.54, 1.807) is 6.92 Å². The van der Waals surface area contributed by atoms with Gasteiger partial charge in [-0.05, 0) is 38.3 Å². The van der Waals surface area contributed by atoms with E-state index in [9.17, 15) is 9.46 Å². The lowest BCUT2D eigenvalue weighted by atomic mass is 10.0. The first-order chi connectivity index (χ1) is 12.9. The maximum atomic E-state index is 11.4. The van der Waals surface area contributed by atoms with Crippen molar-refractivity contribution in [1.29, 1.82) is 0 Å². The van der Waals surface area contributed by atoms with E-state index in [1.807, 2.05) is 18.2 Å². The maximum Gasteiger partial charge on any atom is 0.474 e. The van der Waals surface area contributed by atoms with Gasteiger partial charge in [0.15, 0.2) is 12.6 Å². The van der Waals surface area contributed by atoms with Gasteiger partial charge >= 0.3 is 7.82 Å². The number of phosphoric ester groups is 1. The smallest absolute Gasteiger partial charge is 0.465 e. The van der Waals surface area contributed by atoms with Crippen LogP contribution in [0.15, 0.2) is 24.3 Å². The second kappa shape index (κ2) is 13.3. The Morgan fingerprint density at radius 2 is 1.63 bits per heavy atom. The van der Waals surface area contributed by atoms with E-state index in [1.165, 1.54) is 45.4 Å². The van der Waals surface area contributed by atoms with Gasteiger partial charge in [-0.1, -0.05) is 63.6 Å². The third kappa shape index (κ3) is 10.9. The molecule has 1 aromatic rings.